The van der Waals surface area contributed by atoms with Gasteiger partial charge < -0.3 is 9.47 Å². The van der Waals surface area contributed by atoms with Crippen molar-refractivity contribution < 1.29 is 14.3 Å². The summed E-state index contributed by atoms with van der Waals surface area (Å²) in [4.78, 5) is 14.6. The van der Waals surface area contributed by atoms with Crippen molar-refractivity contribution in [3.63, 3.8) is 0 Å². The Morgan fingerprint density at radius 1 is 1.54 bits per heavy atom. The lowest BCUT2D eigenvalue weighted by Crippen LogP contribution is -2.27. The van der Waals surface area contributed by atoms with E-state index in [1.165, 1.54) is 11.8 Å². The van der Waals surface area contributed by atoms with Crippen LogP contribution in [-0.2, 0) is 11.2 Å². The summed E-state index contributed by atoms with van der Waals surface area (Å²) in [5, 5.41) is 0. The van der Waals surface area contributed by atoms with E-state index in [2.05, 4.69) is 6.58 Å². The highest BCUT2D eigenvalue weighted by Gasteiger charge is 2.31. The summed E-state index contributed by atoms with van der Waals surface area (Å²) in [6.45, 7) is 8.64. The van der Waals surface area contributed by atoms with Gasteiger partial charge in [0.25, 0.3) is 5.91 Å². The molecule has 1 fully saturated rings. The number of hydrogen-bond acceptors (Lipinski definition) is 5. The van der Waals surface area contributed by atoms with E-state index in [9.17, 15) is 4.79 Å². The Morgan fingerprint density at radius 2 is 2.33 bits per heavy atom. The zero-order valence-corrected chi connectivity index (χ0v) is 15.3. The number of thiocarbonyl (C=S) groups is 1. The summed E-state index contributed by atoms with van der Waals surface area (Å²) in [6.07, 6.45) is 4.54. The molecule has 3 rings (SSSR count). The number of ether oxygens (including phenoxy) is 2. The maximum atomic E-state index is 12.5. The van der Waals surface area contributed by atoms with E-state index < -0.39 is 0 Å². The van der Waals surface area contributed by atoms with Gasteiger partial charge in [0.05, 0.1) is 11.5 Å². The normalized spacial score (nSPS) is 21.2. The first-order chi connectivity index (χ1) is 11.5. The minimum absolute atomic E-state index is 0.0952. The van der Waals surface area contributed by atoms with Crippen LogP contribution in [0.1, 0.15) is 25.0 Å². The number of carbonyl (C=O) groups excluding carboxylic acids is 1. The van der Waals surface area contributed by atoms with Gasteiger partial charge in [0.1, 0.15) is 21.9 Å². The van der Waals surface area contributed by atoms with E-state index in [0.29, 0.717) is 22.4 Å². The summed E-state index contributed by atoms with van der Waals surface area (Å²) >= 11 is 6.58. The van der Waals surface area contributed by atoms with Crippen molar-refractivity contribution in [1.29, 1.82) is 0 Å². The molecule has 0 saturated carbocycles. The first-order valence-corrected chi connectivity index (χ1v) is 9.08. The van der Waals surface area contributed by atoms with E-state index >= 15 is 0 Å². The molecule has 0 aromatic heterocycles. The molecular weight excluding hydrogens is 342 g/mol. The van der Waals surface area contributed by atoms with E-state index in [1.54, 1.807) is 11.0 Å². The summed E-state index contributed by atoms with van der Waals surface area (Å²) in [6, 6.07) is 3.96. The van der Waals surface area contributed by atoms with Crippen LogP contribution >= 0.6 is 24.0 Å². The fourth-order valence-corrected chi connectivity index (χ4v) is 4.04. The van der Waals surface area contributed by atoms with Gasteiger partial charge in [-0.1, -0.05) is 30.1 Å². The lowest BCUT2D eigenvalue weighted by molar-refractivity contribution is -0.121. The van der Waals surface area contributed by atoms with Crippen LogP contribution in [0.15, 0.2) is 29.7 Å². The maximum absolute atomic E-state index is 12.5. The van der Waals surface area contributed by atoms with Gasteiger partial charge in [-0.3, -0.25) is 9.69 Å². The van der Waals surface area contributed by atoms with Crippen LogP contribution in [0, 0.1) is 0 Å². The molecule has 0 bridgehead atoms. The van der Waals surface area contributed by atoms with Gasteiger partial charge >= 0.3 is 0 Å². The van der Waals surface area contributed by atoms with Crippen LogP contribution in [-0.4, -0.2) is 34.4 Å². The number of hydrogen-bond donors (Lipinski definition) is 0. The monoisotopic (exact) mass is 361 g/mol. The third-order valence-corrected chi connectivity index (χ3v) is 5.18. The quantitative estimate of drug-likeness (QED) is 0.453. The van der Waals surface area contributed by atoms with E-state index in [-0.39, 0.29) is 12.0 Å². The Labute approximate surface area is 151 Å². The predicted molar refractivity (Wildman–Crippen MR) is 101 cm³/mol. The molecule has 24 heavy (non-hydrogen) atoms. The third kappa shape index (κ3) is 3.21. The zero-order valence-electron chi connectivity index (χ0n) is 13.7. The minimum Gasteiger partial charge on any atom is -0.493 e. The van der Waals surface area contributed by atoms with Gasteiger partial charge in [0.15, 0.2) is 0 Å². The molecule has 2 aliphatic heterocycles. The standard InChI is InChI=1S/C18H19NO3S2/c1-4-6-19-17(20)16(24-18(19)23)10-13-9-15-12(7-11(3)22-15)8-14(13)21-5-2/h4,8-11H,1,5-7H2,2-3H3/b16-10-/t11-/m0/s1. The van der Waals surface area contributed by atoms with Crippen molar-refractivity contribution >= 4 is 40.3 Å². The molecule has 1 aromatic carbocycles. The molecule has 2 heterocycles. The van der Waals surface area contributed by atoms with E-state index in [1.807, 2.05) is 32.1 Å². The minimum atomic E-state index is -0.0952. The van der Waals surface area contributed by atoms with Gasteiger partial charge in [-0.2, -0.15) is 0 Å². The largest absolute Gasteiger partial charge is 0.493 e. The molecule has 0 unspecified atom stereocenters. The lowest BCUT2D eigenvalue weighted by Gasteiger charge is -2.11. The van der Waals surface area contributed by atoms with Crippen LogP contribution in [0.3, 0.4) is 0 Å². The number of rotatable bonds is 5. The SMILES string of the molecule is C=CCN1C(=O)/C(=C/c2cc3c(cc2OCC)C[C@H](C)O3)SC1=S. The van der Waals surface area contributed by atoms with Gasteiger partial charge in [-0.15, -0.1) is 6.58 Å². The fourth-order valence-electron chi connectivity index (χ4n) is 2.78. The summed E-state index contributed by atoms with van der Waals surface area (Å²) in [5.74, 6) is 1.53. The molecule has 0 spiro atoms. The van der Waals surface area contributed by atoms with Crippen molar-refractivity contribution in [2.75, 3.05) is 13.2 Å². The molecule has 2 aliphatic rings. The second-order valence-corrected chi connectivity index (χ2v) is 7.32. The number of thioether (sulfide) groups is 1. The number of nitrogens with zero attached hydrogens (tertiary/aromatic N) is 1. The van der Waals surface area contributed by atoms with Gasteiger partial charge in [0, 0.05) is 24.1 Å². The average Bonchev–Trinajstić information content (AvgIpc) is 3.01. The zero-order chi connectivity index (χ0) is 17.3. The van der Waals surface area contributed by atoms with Crippen LogP contribution in [0.4, 0.5) is 0 Å². The smallest absolute Gasteiger partial charge is 0.266 e. The topological polar surface area (TPSA) is 38.8 Å². The summed E-state index contributed by atoms with van der Waals surface area (Å²) < 4.78 is 12.1. The number of benzene rings is 1. The lowest BCUT2D eigenvalue weighted by atomic mass is 10.1. The number of fused-ring (bicyclic) bond motifs is 1. The molecular formula is C18H19NO3S2. The molecule has 126 valence electrons. The first kappa shape index (κ1) is 17.0. The highest BCUT2D eigenvalue weighted by atomic mass is 32.2. The maximum Gasteiger partial charge on any atom is 0.266 e. The van der Waals surface area contributed by atoms with Gasteiger partial charge in [-0.25, -0.2) is 0 Å². The van der Waals surface area contributed by atoms with E-state index in [0.717, 1.165) is 29.0 Å². The molecule has 1 amide bonds. The fraction of sp³-hybridized carbons (Fsp3) is 0.333. The van der Waals surface area contributed by atoms with Crippen LogP contribution in [0.25, 0.3) is 6.08 Å². The van der Waals surface area contributed by atoms with Crippen molar-refractivity contribution in [2.24, 2.45) is 0 Å². The second kappa shape index (κ2) is 6.99. The highest BCUT2D eigenvalue weighted by molar-refractivity contribution is 8.26. The molecule has 1 saturated heterocycles. The second-order valence-electron chi connectivity index (χ2n) is 5.64. The Kier molecular flexibility index (Phi) is 4.96. The molecule has 0 N–H and O–H groups in total. The predicted octanol–water partition coefficient (Wildman–Crippen LogP) is 3.80. The van der Waals surface area contributed by atoms with E-state index in [4.69, 9.17) is 21.7 Å². The Hall–Kier alpha value is -1.79. The van der Waals surface area contributed by atoms with Crippen LogP contribution in [0.2, 0.25) is 0 Å². The number of amides is 1. The average molecular weight is 361 g/mol. The molecule has 1 aromatic rings. The molecule has 0 radical (unpaired) electrons. The van der Waals surface area contributed by atoms with Gasteiger partial charge in [0.2, 0.25) is 0 Å². The highest BCUT2D eigenvalue weighted by Crippen LogP contribution is 2.39. The Bertz CT molecular complexity index is 742. The van der Waals surface area contributed by atoms with Crippen LogP contribution in [0.5, 0.6) is 11.5 Å². The molecule has 1 atom stereocenters. The van der Waals surface area contributed by atoms with Crippen molar-refractivity contribution in [3.05, 3.63) is 40.8 Å². The summed E-state index contributed by atoms with van der Waals surface area (Å²) in [7, 11) is 0. The van der Waals surface area contributed by atoms with Crippen molar-refractivity contribution in [1.82, 2.24) is 4.90 Å². The molecule has 0 aliphatic carbocycles. The Balaban J connectivity index is 1.97. The van der Waals surface area contributed by atoms with Gasteiger partial charge in [-0.05, 0) is 32.1 Å². The summed E-state index contributed by atoms with van der Waals surface area (Å²) in [5.41, 5.74) is 1.98. The number of carbonyl (C=O) groups is 1. The van der Waals surface area contributed by atoms with Crippen molar-refractivity contribution in [3.8, 4) is 11.5 Å². The van der Waals surface area contributed by atoms with Crippen LogP contribution < -0.4 is 9.47 Å². The van der Waals surface area contributed by atoms with Crippen molar-refractivity contribution in [2.45, 2.75) is 26.4 Å². The molecule has 4 nitrogen and oxygen atoms in total. The third-order valence-electron chi connectivity index (χ3n) is 3.80. The Morgan fingerprint density at radius 3 is 3.04 bits per heavy atom. The first-order valence-electron chi connectivity index (χ1n) is 7.86. The molecule has 6 heteroatoms.